The molecular formula is C22H35N3O5. The quantitative estimate of drug-likeness (QED) is 0.787. The first-order valence-corrected chi connectivity index (χ1v) is 10.9. The first-order valence-electron chi connectivity index (χ1n) is 10.9. The largest absolute Gasteiger partial charge is 0.465 e. The first-order chi connectivity index (χ1) is 14.2. The van der Waals surface area contributed by atoms with Gasteiger partial charge in [0.1, 0.15) is 17.1 Å². The van der Waals surface area contributed by atoms with Gasteiger partial charge in [-0.25, -0.2) is 4.79 Å². The molecule has 2 amide bonds. The zero-order chi connectivity index (χ0) is 21.7. The molecule has 0 aliphatic carbocycles. The highest BCUT2D eigenvalue weighted by molar-refractivity contribution is 5.79. The molecule has 2 fully saturated rings. The Morgan fingerprint density at radius 1 is 1.17 bits per heavy atom. The number of carbonyl (C=O) groups excluding carboxylic acids is 2. The number of nitrogens with zero attached hydrogens (tertiary/aromatic N) is 2. The summed E-state index contributed by atoms with van der Waals surface area (Å²) in [4.78, 5) is 29.0. The molecule has 0 spiro atoms. The molecule has 3 heterocycles. The minimum Gasteiger partial charge on any atom is -0.465 e. The predicted octanol–water partition coefficient (Wildman–Crippen LogP) is 2.72. The lowest BCUT2D eigenvalue weighted by Crippen LogP contribution is -2.47. The number of hydrogen-bond donors (Lipinski definition) is 1. The minimum absolute atomic E-state index is 0.00611. The SMILES string of the molecule is Cc1ccc(C(CNC(=O)C2CCN(C(=O)OC(C)(C)C)CC2)N2CCOCC2)o1. The van der Waals surface area contributed by atoms with Crippen LogP contribution in [0.25, 0.3) is 0 Å². The number of ether oxygens (including phenoxy) is 2. The number of nitrogens with one attached hydrogen (secondary N) is 1. The van der Waals surface area contributed by atoms with Crippen molar-refractivity contribution in [2.45, 2.75) is 52.2 Å². The number of morpholine rings is 1. The fourth-order valence-corrected chi connectivity index (χ4v) is 3.92. The maximum Gasteiger partial charge on any atom is 0.410 e. The van der Waals surface area contributed by atoms with Crippen LogP contribution in [0.4, 0.5) is 4.79 Å². The van der Waals surface area contributed by atoms with Gasteiger partial charge in [-0.1, -0.05) is 0 Å². The lowest BCUT2D eigenvalue weighted by Gasteiger charge is -2.35. The van der Waals surface area contributed by atoms with E-state index in [0.29, 0.717) is 45.7 Å². The molecule has 3 rings (SSSR count). The van der Waals surface area contributed by atoms with Crippen molar-refractivity contribution in [1.82, 2.24) is 15.1 Å². The maximum absolute atomic E-state index is 12.8. The average Bonchev–Trinajstić information content (AvgIpc) is 3.13. The molecule has 2 aliphatic heterocycles. The molecule has 168 valence electrons. The van der Waals surface area contributed by atoms with Gasteiger partial charge >= 0.3 is 6.09 Å². The highest BCUT2D eigenvalue weighted by atomic mass is 16.6. The van der Waals surface area contributed by atoms with Crippen LogP contribution in [0.1, 0.15) is 51.2 Å². The van der Waals surface area contributed by atoms with Gasteiger partial charge in [-0.05, 0) is 52.7 Å². The molecule has 2 aliphatic rings. The number of piperidine rings is 1. The van der Waals surface area contributed by atoms with Crippen LogP contribution in [-0.2, 0) is 14.3 Å². The van der Waals surface area contributed by atoms with E-state index in [1.165, 1.54) is 0 Å². The van der Waals surface area contributed by atoms with E-state index in [0.717, 1.165) is 24.6 Å². The lowest BCUT2D eigenvalue weighted by molar-refractivity contribution is -0.126. The van der Waals surface area contributed by atoms with Gasteiger partial charge in [0.05, 0.1) is 19.3 Å². The first kappa shape index (κ1) is 22.6. The van der Waals surface area contributed by atoms with Gasteiger partial charge in [-0.2, -0.15) is 0 Å². The van der Waals surface area contributed by atoms with Crippen LogP contribution in [0.3, 0.4) is 0 Å². The summed E-state index contributed by atoms with van der Waals surface area (Å²) in [6, 6.07) is 3.94. The molecule has 1 aromatic heterocycles. The molecule has 8 heteroatoms. The van der Waals surface area contributed by atoms with Crippen LogP contribution in [0, 0.1) is 12.8 Å². The van der Waals surface area contributed by atoms with E-state index in [1.807, 2.05) is 39.8 Å². The van der Waals surface area contributed by atoms with Crippen LogP contribution in [0.2, 0.25) is 0 Å². The van der Waals surface area contributed by atoms with Gasteiger partial charge < -0.3 is 24.1 Å². The van der Waals surface area contributed by atoms with Gasteiger partial charge in [-0.3, -0.25) is 9.69 Å². The summed E-state index contributed by atoms with van der Waals surface area (Å²) in [5, 5.41) is 3.12. The summed E-state index contributed by atoms with van der Waals surface area (Å²) in [7, 11) is 0. The van der Waals surface area contributed by atoms with Gasteiger partial charge in [0, 0.05) is 38.6 Å². The summed E-state index contributed by atoms with van der Waals surface area (Å²) in [6.07, 6.45) is 0.988. The number of aryl methyl sites for hydroxylation is 1. The van der Waals surface area contributed by atoms with Crippen LogP contribution in [0.15, 0.2) is 16.5 Å². The standard InChI is InChI=1S/C22H35N3O5/c1-16-5-6-19(29-16)18(24-11-13-28-14-12-24)15-23-20(26)17-7-9-25(10-8-17)21(27)30-22(2,3)4/h5-6,17-18H,7-15H2,1-4H3,(H,23,26). The zero-order valence-corrected chi connectivity index (χ0v) is 18.6. The molecule has 0 aromatic carbocycles. The summed E-state index contributed by atoms with van der Waals surface area (Å²) < 4.78 is 16.8. The van der Waals surface area contributed by atoms with Gasteiger partial charge in [0.2, 0.25) is 5.91 Å². The molecule has 0 saturated carbocycles. The van der Waals surface area contributed by atoms with Crippen molar-refractivity contribution in [2.75, 3.05) is 45.9 Å². The molecule has 1 unspecified atom stereocenters. The molecule has 2 saturated heterocycles. The summed E-state index contributed by atoms with van der Waals surface area (Å²) >= 11 is 0. The second kappa shape index (κ2) is 9.83. The van der Waals surface area contributed by atoms with Crippen LogP contribution in [0.5, 0.6) is 0 Å². The Morgan fingerprint density at radius 3 is 2.40 bits per heavy atom. The minimum atomic E-state index is -0.510. The van der Waals surface area contributed by atoms with E-state index in [9.17, 15) is 9.59 Å². The molecule has 1 atom stereocenters. The third kappa shape index (κ3) is 6.22. The Hall–Kier alpha value is -2.06. The number of likely N-dealkylation sites (tertiary alicyclic amines) is 1. The molecule has 1 aromatic rings. The predicted molar refractivity (Wildman–Crippen MR) is 112 cm³/mol. The monoisotopic (exact) mass is 421 g/mol. The molecule has 30 heavy (non-hydrogen) atoms. The number of rotatable bonds is 5. The third-order valence-corrected chi connectivity index (χ3v) is 5.56. The van der Waals surface area contributed by atoms with Crippen molar-refractivity contribution in [3.05, 3.63) is 23.7 Å². The topological polar surface area (TPSA) is 84.2 Å². The van der Waals surface area contributed by atoms with Gasteiger partial charge in [0.25, 0.3) is 0 Å². The van der Waals surface area contributed by atoms with E-state index in [-0.39, 0.29) is 24.0 Å². The highest BCUT2D eigenvalue weighted by Gasteiger charge is 2.31. The Bertz CT molecular complexity index is 713. The van der Waals surface area contributed by atoms with E-state index in [4.69, 9.17) is 13.9 Å². The van der Waals surface area contributed by atoms with E-state index in [2.05, 4.69) is 10.2 Å². The van der Waals surface area contributed by atoms with Crippen molar-refractivity contribution >= 4 is 12.0 Å². The molecule has 1 N–H and O–H groups in total. The van der Waals surface area contributed by atoms with Gasteiger partial charge in [0.15, 0.2) is 0 Å². The molecule has 0 radical (unpaired) electrons. The Balaban J connectivity index is 1.51. The smallest absolute Gasteiger partial charge is 0.410 e. The van der Waals surface area contributed by atoms with E-state index < -0.39 is 5.60 Å². The van der Waals surface area contributed by atoms with Crippen molar-refractivity contribution in [2.24, 2.45) is 5.92 Å². The maximum atomic E-state index is 12.8. The zero-order valence-electron chi connectivity index (χ0n) is 18.6. The number of carbonyl (C=O) groups is 2. The molecule has 8 nitrogen and oxygen atoms in total. The summed E-state index contributed by atoms with van der Waals surface area (Å²) in [5.41, 5.74) is -0.510. The van der Waals surface area contributed by atoms with Crippen molar-refractivity contribution in [3.8, 4) is 0 Å². The molecular weight excluding hydrogens is 386 g/mol. The van der Waals surface area contributed by atoms with Gasteiger partial charge in [-0.15, -0.1) is 0 Å². The summed E-state index contributed by atoms with van der Waals surface area (Å²) in [6.45, 7) is 12.1. The van der Waals surface area contributed by atoms with Crippen LogP contribution < -0.4 is 5.32 Å². The molecule has 0 bridgehead atoms. The van der Waals surface area contributed by atoms with Crippen molar-refractivity contribution < 1.29 is 23.5 Å². The Morgan fingerprint density at radius 2 is 1.83 bits per heavy atom. The number of furan rings is 1. The average molecular weight is 422 g/mol. The summed E-state index contributed by atoms with van der Waals surface area (Å²) in [5.74, 6) is 1.69. The van der Waals surface area contributed by atoms with Crippen LogP contribution in [-0.4, -0.2) is 73.3 Å². The third-order valence-electron chi connectivity index (χ3n) is 5.56. The van der Waals surface area contributed by atoms with E-state index in [1.54, 1.807) is 4.90 Å². The Kier molecular flexibility index (Phi) is 7.41. The number of amides is 2. The lowest BCUT2D eigenvalue weighted by atomic mass is 9.96. The van der Waals surface area contributed by atoms with Crippen molar-refractivity contribution in [3.63, 3.8) is 0 Å². The van der Waals surface area contributed by atoms with Crippen molar-refractivity contribution in [1.29, 1.82) is 0 Å². The van der Waals surface area contributed by atoms with E-state index >= 15 is 0 Å². The number of hydrogen-bond acceptors (Lipinski definition) is 6. The van der Waals surface area contributed by atoms with Crippen LogP contribution >= 0.6 is 0 Å². The second-order valence-corrected chi connectivity index (χ2v) is 9.10. The second-order valence-electron chi connectivity index (χ2n) is 9.10. The normalized spacial score (nSPS) is 20.1. The fourth-order valence-electron chi connectivity index (χ4n) is 3.92. The fraction of sp³-hybridized carbons (Fsp3) is 0.727. The Labute approximate surface area is 178 Å². The highest BCUT2D eigenvalue weighted by Crippen LogP contribution is 2.24.